The van der Waals surface area contributed by atoms with Gasteiger partial charge in [0.15, 0.2) is 0 Å². The highest BCUT2D eigenvalue weighted by Crippen LogP contribution is 2.33. The predicted octanol–water partition coefficient (Wildman–Crippen LogP) is 3.09. The molecule has 1 aliphatic rings. The van der Waals surface area contributed by atoms with Crippen molar-refractivity contribution >= 4 is 36.4 Å². The Morgan fingerprint density at radius 1 is 1.32 bits per heavy atom. The molecule has 2 atom stereocenters. The fourth-order valence-corrected chi connectivity index (χ4v) is 3.08. The minimum absolute atomic E-state index is 0. The quantitative estimate of drug-likeness (QED) is 0.748. The number of hydrogen-bond donors (Lipinski definition) is 2. The zero-order valence-corrected chi connectivity index (χ0v) is 16.9. The number of likely N-dealkylation sites (N-methyl/N-ethyl adjacent to an activating group) is 1. The first-order valence-corrected chi connectivity index (χ1v) is 8.40. The van der Waals surface area contributed by atoms with E-state index in [-0.39, 0.29) is 36.6 Å². The van der Waals surface area contributed by atoms with Crippen LogP contribution in [0.5, 0.6) is 5.75 Å². The van der Waals surface area contributed by atoms with Crippen molar-refractivity contribution in [1.82, 2.24) is 4.90 Å². The predicted molar refractivity (Wildman–Crippen MR) is 108 cm³/mol. The van der Waals surface area contributed by atoms with E-state index in [9.17, 15) is 4.79 Å². The van der Waals surface area contributed by atoms with Crippen LogP contribution in [0.3, 0.4) is 0 Å². The van der Waals surface area contributed by atoms with E-state index in [1.165, 1.54) is 0 Å². The molecule has 144 valence electrons. The molecule has 1 aromatic carbocycles. The molecule has 1 fully saturated rings. The van der Waals surface area contributed by atoms with Crippen LogP contribution in [0, 0.1) is 18.8 Å². The molecular formula is C18H31Cl2N3O2. The van der Waals surface area contributed by atoms with E-state index >= 15 is 0 Å². The van der Waals surface area contributed by atoms with Crippen LogP contribution in [0.15, 0.2) is 18.2 Å². The molecule has 5 nitrogen and oxygen atoms in total. The van der Waals surface area contributed by atoms with Crippen molar-refractivity contribution in [3.8, 4) is 5.75 Å². The number of halogens is 2. The SMILES string of the molecule is Cc1ccc(NC(=O)[C@@H]2CCC[C@@H]2CN)c(OCCN(C)C)c1.Cl.Cl. The molecule has 7 heteroatoms. The Kier molecular flexibility index (Phi) is 11.1. The fourth-order valence-electron chi connectivity index (χ4n) is 3.08. The van der Waals surface area contributed by atoms with Crippen molar-refractivity contribution in [2.75, 3.05) is 39.1 Å². The van der Waals surface area contributed by atoms with Crippen molar-refractivity contribution in [1.29, 1.82) is 0 Å². The van der Waals surface area contributed by atoms with E-state index in [4.69, 9.17) is 10.5 Å². The summed E-state index contributed by atoms with van der Waals surface area (Å²) in [6.07, 6.45) is 3.06. The Balaban J connectivity index is 0.00000288. The van der Waals surface area contributed by atoms with Crippen LogP contribution in [0.2, 0.25) is 0 Å². The molecule has 1 saturated carbocycles. The number of aryl methyl sites for hydroxylation is 1. The Labute approximate surface area is 163 Å². The largest absolute Gasteiger partial charge is 0.490 e. The molecule has 0 unspecified atom stereocenters. The van der Waals surface area contributed by atoms with Gasteiger partial charge in [-0.15, -0.1) is 24.8 Å². The summed E-state index contributed by atoms with van der Waals surface area (Å²) < 4.78 is 5.86. The summed E-state index contributed by atoms with van der Waals surface area (Å²) in [6.45, 7) is 4.03. The maximum absolute atomic E-state index is 12.6. The van der Waals surface area contributed by atoms with Crippen LogP contribution in [-0.2, 0) is 4.79 Å². The van der Waals surface area contributed by atoms with E-state index in [2.05, 4.69) is 10.2 Å². The number of hydrogen-bond acceptors (Lipinski definition) is 4. The summed E-state index contributed by atoms with van der Waals surface area (Å²) in [6, 6.07) is 5.88. The van der Waals surface area contributed by atoms with Crippen molar-refractivity contribution in [3.63, 3.8) is 0 Å². The number of benzene rings is 1. The third-order valence-electron chi connectivity index (χ3n) is 4.49. The number of rotatable bonds is 7. The van der Waals surface area contributed by atoms with Gasteiger partial charge in [-0.05, 0) is 64.0 Å². The van der Waals surface area contributed by atoms with Gasteiger partial charge in [0.05, 0.1) is 5.69 Å². The van der Waals surface area contributed by atoms with E-state index in [0.29, 0.717) is 19.1 Å². The minimum Gasteiger partial charge on any atom is -0.490 e. The number of nitrogens with zero attached hydrogens (tertiary/aromatic N) is 1. The zero-order chi connectivity index (χ0) is 16.8. The Hall–Kier alpha value is -1.01. The first kappa shape index (κ1) is 24.0. The molecule has 0 heterocycles. The molecule has 0 aliphatic heterocycles. The first-order chi connectivity index (χ1) is 11.0. The number of carbonyl (C=O) groups excluding carboxylic acids is 1. The minimum atomic E-state index is 0. The first-order valence-electron chi connectivity index (χ1n) is 8.40. The van der Waals surface area contributed by atoms with Crippen LogP contribution >= 0.6 is 24.8 Å². The molecule has 25 heavy (non-hydrogen) atoms. The van der Waals surface area contributed by atoms with Gasteiger partial charge < -0.3 is 20.7 Å². The van der Waals surface area contributed by atoms with Gasteiger partial charge in [-0.3, -0.25) is 4.79 Å². The Morgan fingerprint density at radius 3 is 2.68 bits per heavy atom. The van der Waals surface area contributed by atoms with E-state index in [0.717, 1.165) is 42.8 Å². The van der Waals surface area contributed by atoms with E-state index in [1.54, 1.807) is 0 Å². The van der Waals surface area contributed by atoms with Gasteiger partial charge in [-0.1, -0.05) is 12.5 Å². The van der Waals surface area contributed by atoms with Crippen LogP contribution in [-0.4, -0.2) is 44.6 Å². The van der Waals surface area contributed by atoms with E-state index < -0.39 is 0 Å². The number of amides is 1. The summed E-state index contributed by atoms with van der Waals surface area (Å²) in [5.41, 5.74) is 7.66. The lowest BCUT2D eigenvalue weighted by molar-refractivity contribution is -0.120. The summed E-state index contributed by atoms with van der Waals surface area (Å²) in [5, 5.41) is 3.05. The average molecular weight is 392 g/mol. The second-order valence-corrected chi connectivity index (χ2v) is 6.67. The van der Waals surface area contributed by atoms with Crippen LogP contribution < -0.4 is 15.8 Å². The molecule has 0 bridgehead atoms. The summed E-state index contributed by atoms with van der Waals surface area (Å²) >= 11 is 0. The normalized spacial score (nSPS) is 19.1. The van der Waals surface area contributed by atoms with Gasteiger partial charge in [0.2, 0.25) is 5.91 Å². The standard InChI is InChI=1S/C18H29N3O2.2ClH/c1-13-7-8-16(17(11-13)23-10-9-21(2)3)20-18(22)15-6-4-5-14(15)12-19;;/h7-8,11,14-15H,4-6,9-10,12,19H2,1-3H3,(H,20,22);2*1H/t14-,15-;;/m1../s1. The molecule has 0 spiro atoms. The summed E-state index contributed by atoms with van der Waals surface area (Å²) in [7, 11) is 4.02. The summed E-state index contributed by atoms with van der Waals surface area (Å²) in [4.78, 5) is 14.6. The highest BCUT2D eigenvalue weighted by molar-refractivity contribution is 5.94. The number of ether oxygens (including phenoxy) is 1. The van der Waals surface area contributed by atoms with E-state index in [1.807, 2.05) is 39.2 Å². The van der Waals surface area contributed by atoms with Gasteiger partial charge in [-0.2, -0.15) is 0 Å². The second-order valence-electron chi connectivity index (χ2n) is 6.67. The number of anilines is 1. The van der Waals surface area contributed by atoms with Gasteiger partial charge >= 0.3 is 0 Å². The zero-order valence-electron chi connectivity index (χ0n) is 15.3. The topological polar surface area (TPSA) is 67.6 Å². The molecule has 1 aromatic rings. The number of nitrogens with one attached hydrogen (secondary N) is 1. The van der Waals surface area contributed by atoms with Crippen molar-refractivity contribution in [2.45, 2.75) is 26.2 Å². The average Bonchev–Trinajstić information content (AvgIpc) is 2.98. The summed E-state index contributed by atoms with van der Waals surface area (Å²) in [5.74, 6) is 1.14. The second kappa shape index (κ2) is 11.6. The highest BCUT2D eigenvalue weighted by atomic mass is 35.5. The van der Waals surface area contributed by atoms with Crippen LogP contribution in [0.1, 0.15) is 24.8 Å². The molecule has 0 radical (unpaired) electrons. The lowest BCUT2D eigenvalue weighted by Gasteiger charge is -2.19. The van der Waals surface area contributed by atoms with Gasteiger partial charge in [0, 0.05) is 12.5 Å². The van der Waals surface area contributed by atoms with Crippen molar-refractivity contribution < 1.29 is 9.53 Å². The van der Waals surface area contributed by atoms with Crippen LogP contribution in [0.25, 0.3) is 0 Å². The monoisotopic (exact) mass is 391 g/mol. The molecular weight excluding hydrogens is 361 g/mol. The lowest BCUT2D eigenvalue weighted by atomic mass is 9.95. The third-order valence-corrected chi connectivity index (χ3v) is 4.49. The van der Waals surface area contributed by atoms with Gasteiger partial charge in [0.25, 0.3) is 0 Å². The number of carbonyl (C=O) groups is 1. The van der Waals surface area contributed by atoms with Crippen molar-refractivity contribution in [2.24, 2.45) is 17.6 Å². The molecule has 2 rings (SSSR count). The Morgan fingerprint density at radius 2 is 2.04 bits per heavy atom. The molecule has 3 N–H and O–H groups in total. The fraction of sp³-hybridized carbons (Fsp3) is 0.611. The smallest absolute Gasteiger partial charge is 0.227 e. The molecule has 1 amide bonds. The third kappa shape index (κ3) is 7.02. The lowest BCUT2D eigenvalue weighted by Crippen LogP contribution is -2.30. The van der Waals surface area contributed by atoms with Crippen molar-refractivity contribution in [3.05, 3.63) is 23.8 Å². The maximum Gasteiger partial charge on any atom is 0.227 e. The molecule has 0 saturated heterocycles. The van der Waals surface area contributed by atoms with Crippen LogP contribution in [0.4, 0.5) is 5.69 Å². The molecule has 0 aromatic heterocycles. The van der Waals surface area contributed by atoms with Gasteiger partial charge in [0.1, 0.15) is 12.4 Å². The number of nitrogens with two attached hydrogens (primary N) is 1. The maximum atomic E-state index is 12.6. The molecule has 1 aliphatic carbocycles. The van der Waals surface area contributed by atoms with Gasteiger partial charge in [-0.25, -0.2) is 0 Å². The Bertz CT molecular complexity index is 541. The highest BCUT2D eigenvalue weighted by Gasteiger charge is 2.32.